The highest BCUT2D eigenvalue weighted by molar-refractivity contribution is 14.0. The van der Waals surface area contributed by atoms with Crippen molar-refractivity contribution < 1.29 is 4.79 Å². The minimum absolute atomic E-state index is 0. The van der Waals surface area contributed by atoms with Crippen molar-refractivity contribution in [1.82, 2.24) is 24.9 Å². The van der Waals surface area contributed by atoms with Gasteiger partial charge in [0.1, 0.15) is 0 Å². The van der Waals surface area contributed by atoms with Crippen molar-refractivity contribution in [3.63, 3.8) is 0 Å². The minimum atomic E-state index is -0.0102. The molecule has 2 heterocycles. The molecule has 2 fully saturated rings. The molecule has 170 valence electrons. The van der Waals surface area contributed by atoms with Gasteiger partial charge in [-0.05, 0) is 47.1 Å². The van der Waals surface area contributed by atoms with Crippen LogP contribution in [0.2, 0.25) is 0 Å². The molecule has 2 saturated heterocycles. The molecule has 2 rings (SSSR count). The lowest BCUT2D eigenvalue weighted by molar-refractivity contribution is -0.135. The van der Waals surface area contributed by atoms with E-state index in [1.54, 1.807) is 0 Å². The Hall–Kier alpha value is -0.610. The molecule has 0 aliphatic carbocycles. The number of guanidine groups is 1. The number of halogens is 1. The van der Waals surface area contributed by atoms with E-state index in [1.165, 1.54) is 0 Å². The van der Waals surface area contributed by atoms with Gasteiger partial charge in [-0.25, -0.2) is 0 Å². The van der Waals surface area contributed by atoms with Gasteiger partial charge in [0.05, 0.1) is 12.6 Å². The maximum Gasteiger partial charge on any atom is 0.239 e. The van der Waals surface area contributed by atoms with E-state index < -0.39 is 0 Å². The summed E-state index contributed by atoms with van der Waals surface area (Å²) in [5.41, 5.74) is 0. The lowest BCUT2D eigenvalue weighted by atomic mass is 10.2. The number of nitrogens with one attached hydrogen (secondary N) is 1. The summed E-state index contributed by atoms with van der Waals surface area (Å²) in [6.45, 7) is 16.9. The first kappa shape index (κ1) is 26.4. The number of hydrogen-bond acceptors (Lipinski definition) is 4. The Morgan fingerprint density at radius 2 is 1.66 bits per heavy atom. The van der Waals surface area contributed by atoms with Gasteiger partial charge in [0.2, 0.25) is 5.91 Å². The molecule has 2 aliphatic heterocycles. The summed E-state index contributed by atoms with van der Waals surface area (Å²) < 4.78 is 0. The zero-order valence-electron chi connectivity index (χ0n) is 19.2. The van der Waals surface area contributed by atoms with Gasteiger partial charge in [-0.2, -0.15) is 0 Å². The van der Waals surface area contributed by atoms with Crippen LogP contribution >= 0.6 is 24.0 Å². The average molecular weight is 523 g/mol. The van der Waals surface area contributed by atoms with Crippen LogP contribution in [0, 0.1) is 0 Å². The molecular formula is C21H43IN6O. The Labute approximate surface area is 195 Å². The van der Waals surface area contributed by atoms with Crippen LogP contribution in [0.3, 0.4) is 0 Å². The highest BCUT2D eigenvalue weighted by Gasteiger charge is 2.30. The van der Waals surface area contributed by atoms with E-state index in [-0.39, 0.29) is 30.0 Å². The Bertz CT molecular complexity index is 503. The van der Waals surface area contributed by atoms with Crippen molar-refractivity contribution in [2.75, 3.05) is 66.0 Å². The monoisotopic (exact) mass is 522 g/mol. The third-order valence-corrected chi connectivity index (χ3v) is 6.33. The summed E-state index contributed by atoms with van der Waals surface area (Å²) in [6.07, 6.45) is 3.47. The van der Waals surface area contributed by atoms with Gasteiger partial charge in [0, 0.05) is 58.4 Å². The highest BCUT2D eigenvalue weighted by Crippen LogP contribution is 2.14. The van der Waals surface area contributed by atoms with Gasteiger partial charge in [-0.1, -0.05) is 6.92 Å². The normalized spacial score (nSPS) is 20.6. The number of likely N-dealkylation sites (tertiary alicyclic amines) is 1. The van der Waals surface area contributed by atoms with Crippen LogP contribution in [0.5, 0.6) is 0 Å². The SMILES string of the molecule is CCNC(=NCCN(C)C(C)CC)N1CCN(C(C)C(=O)N2CCCC2)CC1.I. The number of carbonyl (C=O) groups is 1. The second-order valence-corrected chi connectivity index (χ2v) is 8.20. The predicted octanol–water partition coefficient (Wildman–Crippen LogP) is 1.93. The first-order valence-corrected chi connectivity index (χ1v) is 11.2. The predicted molar refractivity (Wildman–Crippen MR) is 132 cm³/mol. The molecule has 2 atom stereocenters. The van der Waals surface area contributed by atoms with Crippen molar-refractivity contribution >= 4 is 35.8 Å². The summed E-state index contributed by atoms with van der Waals surface area (Å²) in [5.74, 6) is 1.32. The van der Waals surface area contributed by atoms with E-state index in [1.807, 2.05) is 4.90 Å². The summed E-state index contributed by atoms with van der Waals surface area (Å²) >= 11 is 0. The van der Waals surface area contributed by atoms with Crippen molar-refractivity contribution in [3.05, 3.63) is 0 Å². The van der Waals surface area contributed by atoms with Crippen molar-refractivity contribution in [2.45, 2.75) is 59.0 Å². The first-order valence-electron chi connectivity index (χ1n) is 11.2. The molecule has 0 bridgehead atoms. The zero-order valence-corrected chi connectivity index (χ0v) is 21.5. The van der Waals surface area contributed by atoms with Crippen LogP contribution in [0.4, 0.5) is 0 Å². The fraction of sp³-hybridized carbons (Fsp3) is 0.905. The van der Waals surface area contributed by atoms with Crippen molar-refractivity contribution in [2.24, 2.45) is 4.99 Å². The van der Waals surface area contributed by atoms with Gasteiger partial charge in [-0.15, -0.1) is 24.0 Å². The number of aliphatic imine (C=N–C) groups is 1. The Kier molecular flexibility index (Phi) is 12.4. The van der Waals surface area contributed by atoms with Gasteiger partial charge in [0.15, 0.2) is 5.96 Å². The van der Waals surface area contributed by atoms with E-state index in [2.05, 4.69) is 54.8 Å². The van der Waals surface area contributed by atoms with E-state index in [0.29, 0.717) is 11.9 Å². The maximum absolute atomic E-state index is 12.7. The molecule has 1 N–H and O–H groups in total. The maximum atomic E-state index is 12.7. The molecule has 1 amide bonds. The van der Waals surface area contributed by atoms with E-state index in [0.717, 1.165) is 84.1 Å². The quantitative estimate of drug-likeness (QED) is 0.300. The lowest BCUT2D eigenvalue weighted by Crippen LogP contribution is -2.57. The van der Waals surface area contributed by atoms with Crippen LogP contribution in [-0.2, 0) is 4.79 Å². The third-order valence-electron chi connectivity index (χ3n) is 6.33. The number of carbonyl (C=O) groups excluding carboxylic acids is 1. The highest BCUT2D eigenvalue weighted by atomic mass is 127. The topological polar surface area (TPSA) is 54.4 Å². The lowest BCUT2D eigenvalue weighted by Gasteiger charge is -2.39. The Morgan fingerprint density at radius 3 is 2.21 bits per heavy atom. The number of piperazine rings is 1. The second-order valence-electron chi connectivity index (χ2n) is 8.20. The number of nitrogens with zero attached hydrogens (tertiary/aromatic N) is 5. The largest absolute Gasteiger partial charge is 0.357 e. The Balaban J connectivity index is 0.00000420. The molecule has 0 radical (unpaired) electrons. The molecule has 8 heteroatoms. The molecule has 0 aromatic carbocycles. The molecule has 2 aliphatic rings. The number of rotatable bonds is 8. The van der Waals surface area contributed by atoms with Crippen LogP contribution in [0.15, 0.2) is 4.99 Å². The fourth-order valence-corrected chi connectivity index (χ4v) is 3.95. The van der Waals surface area contributed by atoms with Gasteiger partial charge >= 0.3 is 0 Å². The fourth-order valence-electron chi connectivity index (χ4n) is 3.95. The van der Waals surface area contributed by atoms with Crippen LogP contribution in [0.1, 0.15) is 47.0 Å². The minimum Gasteiger partial charge on any atom is -0.357 e. The first-order chi connectivity index (χ1) is 13.5. The number of hydrogen-bond donors (Lipinski definition) is 1. The average Bonchev–Trinajstić information content (AvgIpc) is 3.26. The van der Waals surface area contributed by atoms with Gasteiger partial charge in [-0.3, -0.25) is 14.7 Å². The standard InChI is InChI=1S/C21H42N6O.HI/c1-6-18(3)24(5)13-10-23-21(22-7-2)27-16-14-25(15-17-27)19(4)20(28)26-11-8-9-12-26;/h18-19H,6-17H2,1-5H3,(H,22,23);1H. The number of likely N-dealkylation sites (N-methyl/N-ethyl adjacent to an activating group) is 1. The summed E-state index contributed by atoms with van der Waals surface area (Å²) in [7, 11) is 2.17. The molecule has 29 heavy (non-hydrogen) atoms. The summed E-state index contributed by atoms with van der Waals surface area (Å²) in [5, 5.41) is 3.44. The molecular weight excluding hydrogens is 479 g/mol. The molecule has 0 aromatic rings. The van der Waals surface area contributed by atoms with Crippen LogP contribution in [0.25, 0.3) is 0 Å². The van der Waals surface area contributed by atoms with E-state index in [4.69, 9.17) is 4.99 Å². The Morgan fingerprint density at radius 1 is 1.03 bits per heavy atom. The van der Waals surface area contributed by atoms with Crippen molar-refractivity contribution in [1.29, 1.82) is 0 Å². The third kappa shape index (κ3) is 7.86. The summed E-state index contributed by atoms with van der Waals surface area (Å²) in [4.78, 5) is 26.6. The summed E-state index contributed by atoms with van der Waals surface area (Å²) in [6, 6.07) is 0.583. The van der Waals surface area contributed by atoms with E-state index in [9.17, 15) is 4.79 Å². The molecule has 2 unspecified atom stereocenters. The second kappa shape index (κ2) is 13.6. The molecule has 0 saturated carbocycles. The van der Waals surface area contributed by atoms with Gasteiger partial charge < -0.3 is 20.0 Å². The van der Waals surface area contributed by atoms with Gasteiger partial charge in [0.25, 0.3) is 0 Å². The molecule has 0 spiro atoms. The smallest absolute Gasteiger partial charge is 0.239 e. The molecule has 0 aromatic heterocycles. The molecule has 7 nitrogen and oxygen atoms in total. The zero-order chi connectivity index (χ0) is 20.5. The van der Waals surface area contributed by atoms with E-state index >= 15 is 0 Å². The van der Waals surface area contributed by atoms with Crippen molar-refractivity contribution in [3.8, 4) is 0 Å². The van der Waals surface area contributed by atoms with Crippen LogP contribution < -0.4 is 5.32 Å². The number of amides is 1. The van der Waals surface area contributed by atoms with Crippen LogP contribution in [-0.4, -0.2) is 110 Å².